The first-order valence-electron chi connectivity index (χ1n) is 5.63. The molecule has 2 aromatic rings. The van der Waals surface area contributed by atoms with Gasteiger partial charge in [-0.25, -0.2) is 0 Å². The van der Waals surface area contributed by atoms with Crippen LogP contribution in [0, 0.1) is 0 Å². The Bertz CT molecular complexity index is 706. The molecule has 0 aliphatic rings. The summed E-state index contributed by atoms with van der Waals surface area (Å²) in [6, 6.07) is 8.35. The zero-order valence-corrected chi connectivity index (χ0v) is 12.6. The van der Waals surface area contributed by atoms with Gasteiger partial charge in [0, 0.05) is 5.56 Å². The maximum absolute atomic E-state index is 12.0. The van der Waals surface area contributed by atoms with Crippen LogP contribution >= 0.6 is 11.3 Å². The molecule has 0 radical (unpaired) electrons. The molecule has 106 valence electrons. The van der Waals surface area contributed by atoms with Crippen molar-refractivity contribution in [1.82, 2.24) is 0 Å². The zero-order chi connectivity index (χ0) is 14.6. The van der Waals surface area contributed by atoms with Crippen molar-refractivity contribution in [3.8, 4) is 11.5 Å². The quantitative estimate of drug-likeness (QED) is 0.796. The standard InChI is InChI=1S/C13H13NO4S2/c1-17-11-6-3-5-10(13(11)18-2)9-14-20(15,16)12-7-4-8-19-12/h3-9H,1-2H3/b14-9-. The first kappa shape index (κ1) is 14.5. The number of hydrogen-bond acceptors (Lipinski definition) is 5. The van der Waals surface area contributed by atoms with Crippen molar-refractivity contribution in [3.63, 3.8) is 0 Å². The van der Waals surface area contributed by atoms with Gasteiger partial charge >= 0.3 is 0 Å². The average molecular weight is 311 g/mol. The van der Waals surface area contributed by atoms with E-state index < -0.39 is 10.0 Å². The number of rotatable bonds is 5. The monoisotopic (exact) mass is 311 g/mol. The highest BCUT2D eigenvalue weighted by molar-refractivity contribution is 7.92. The summed E-state index contributed by atoms with van der Waals surface area (Å²) >= 11 is 1.12. The van der Waals surface area contributed by atoms with Crippen molar-refractivity contribution in [3.05, 3.63) is 41.3 Å². The molecule has 7 heteroatoms. The summed E-state index contributed by atoms with van der Waals surface area (Å²) in [5.41, 5.74) is 0.534. The third-order valence-corrected chi connectivity index (χ3v) is 5.12. The van der Waals surface area contributed by atoms with Gasteiger partial charge in [0.25, 0.3) is 10.0 Å². The second-order valence-corrected chi connectivity index (χ2v) is 6.53. The molecule has 0 fully saturated rings. The molecule has 0 saturated carbocycles. The largest absolute Gasteiger partial charge is 0.493 e. The lowest BCUT2D eigenvalue weighted by molar-refractivity contribution is 0.354. The van der Waals surface area contributed by atoms with E-state index in [1.54, 1.807) is 29.6 Å². The fraction of sp³-hybridized carbons (Fsp3) is 0.154. The van der Waals surface area contributed by atoms with Crippen LogP contribution in [0.15, 0.2) is 44.3 Å². The summed E-state index contributed by atoms with van der Waals surface area (Å²) in [5, 5.41) is 1.69. The van der Waals surface area contributed by atoms with Crippen LogP contribution in [-0.2, 0) is 10.0 Å². The summed E-state index contributed by atoms with van der Waals surface area (Å²) in [6.07, 6.45) is 1.26. The van der Waals surface area contributed by atoms with Gasteiger partial charge in [0.05, 0.1) is 20.4 Å². The van der Waals surface area contributed by atoms with Gasteiger partial charge in [-0.05, 0) is 23.6 Å². The highest BCUT2D eigenvalue weighted by atomic mass is 32.2. The SMILES string of the molecule is COc1cccc(/C=N\S(=O)(=O)c2cccs2)c1OC. The summed E-state index contributed by atoms with van der Waals surface area (Å²) < 4.78 is 38.2. The summed E-state index contributed by atoms with van der Waals surface area (Å²) in [5.74, 6) is 0.963. The molecule has 0 aliphatic carbocycles. The predicted octanol–water partition coefficient (Wildman–Crippen LogP) is 2.57. The average Bonchev–Trinajstić information content (AvgIpc) is 2.99. The Labute approximate surface area is 121 Å². The van der Waals surface area contributed by atoms with Crippen molar-refractivity contribution in [2.45, 2.75) is 4.21 Å². The Morgan fingerprint density at radius 3 is 2.55 bits per heavy atom. The first-order valence-corrected chi connectivity index (χ1v) is 7.95. The van der Waals surface area contributed by atoms with Gasteiger partial charge in [-0.15, -0.1) is 11.3 Å². The Hall–Kier alpha value is -1.86. The molecule has 0 amide bonds. The fourth-order valence-corrected chi connectivity index (χ4v) is 3.44. The Morgan fingerprint density at radius 1 is 1.15 bits per heavy atom. The number of sulfonamides is 1. The van der Waals surface area contributed by atoms with E-state index in [0.29, 0.717) is 17.1 Å². The van der Waals surface area contributed by atoms with Crippen LogP contribution in [0.3, 0.4) is 0 Å². The number of methoxy groups -OCH3 is 2. The number of para-hydroxylation sites is 1. The van der Waals surface area contributed by atoms with Gasteiger partial charge < -0.3 is 9.47 Å². The highest BCUT2D eigenvalue weighted by Gasteiger charge is 2.14. The summed E-state index contributed by atoms with van der Waals surface area (Å²) in [7, 11) is -0.664. The summed E-state index contributed by atoms with van der Waals surface area (Å²) in [6.45, 7) is 0. The minimum absolute atomic E-state index is 0.204. The van der Waals surface area contributed by atoms with E-state index in [1.165, 1.54) is 26.5 Å². The molecule has 1 aromatic carbocycles. The number of benzene rings is 1. The summed E-state index contributed by atoms with van der Waals surface area (Å²) in [4.78, 5) is 0. The molecule has 2 rings (SSSR count). The number of thiophene rings is 1. The van der Waals surface area contributed by atoms with Gasteiger partial charge in [0.2, 0.25) is 0 Å². The van der Waals surface area contributed by atoms with E-state index in [4.69, 9.17) is 9.47 Å². The van der Waals surface area contributed by atoms with Crippen molar-refractivity contribution < 1.29 is 17.9 Å². The second-order valence-electron chi connectivity index (χ2n) is 3.72. The van der Waals surface area contributed by atoms with E-state index >= 15 is 0 Å². The lowest BCUT2D eigenvalue weighted by atomic mass is 10.2. The molecule has 0 N–H and O–H groups in total. The minimum Gasteiger partial charge on any atom is -0.493 e. The van der Waals surface area contributed by atoms with E-state index in [2.05, 4.69) is 4.40 Å². The number of hydrogen-bond donors (Lipinski definition) is 0. The van der Waals surface area contributed by atoms with Crippen LogP contribution in [0.25, 0.3) is 0 Å². The molecule has 0 unspecified atom stereocenters. The fourth-order valence-electron chi connectivity index (χ4n) is 1.60. The first-order chi connectivity index (χ1) is 9.58. The number of ether oxygens (including phenoxy) is 2. The smallest absolute Gasteiger partial charge is 0.291 e. The van der Waals surface area contributed by atoms with Crippen molar-refractivity contribution in [2.24, 2.45) is 4.40 Å². The van der Waals surface area contributed by atoms with Crippen molar-refractivity contribution in [2.75, 3.05) is 14.2 Å². The van der Waals surface area contributed by atoms with Crippen LogP contribution in [0.5, 0.6) is 11.5 Å². The molecule has 0 atom stereocenters. The Kier molecular flexibility index (Phi) is 4.41. The van der Waals surface area contributed by atoms with Gasteiger partial charge in [-0.1, -0.05) is 12.1 Å². The molecule has 0 spiro atoms. The highest BCUT2D eigenvalue weighted by Crippen LogP contribution is 2.29. The van der Waals surface area contributed by atoms with Gasteiger partial charge in [-0.3, -0.25) is 0 Å². The van der Waals surface area contributed by atoms with Crippen LogP contribution < -0.4 is 9.47 Å². The van der Waals surface area contributed by atoms with Gasteiger partial charge in [-0.2, -0.15) is 12.8 Å². The van der Waals surface area contributed by atoms with E-state index in [0.717, 1.165) is 11.3 Å². The van der Waals surface area contributed by atoms with Crippen LogP contribution in [0.1, 0.15) is 5.56 Å². The molecular formula is C13H13NO4S2. The molecule has 0 bridgehead atoms. The third-order valence-electron chi connectivity index (χ3n) is 2.51. The molecule has 20 heavy (non-hydrogen) atoms. The normalized spacial score (nSPS) is 11.7. The number of nitrogens with zero attached hydrogens (tertiary/aromatic N) is 1. The van der Waals surface area contributed by atoms with E-state index in [1.807, 2.05) is 0 Å². The van der Waals surface area contributed by atoms with Crippen molar-refractivity contribution in [1.29, 1.82) is 0 Å². The lowest BCUT2D eigenvalue weighted by Crippen LogP contribution is -1.98. The molecule has 0 aliphatic heterocycles. The third kappa shape index (κ3) is 3.00. The topological polar surface area (TPSA) is 65.0 Å². The van der Waals surface area contributed by atoms with E-state index in [-0.39, 0.29) is 4.21 Å². The Balaban J connectivity index is 2.38. The van der Waals surface area contributed by atoms with Gasteiger partial charge in [0.15, 0.2) is 11.5 Å². The van der Waals surface area contributed by atoms with Crippen LogP contribution in [0.4, 0.5) is 0 Å². The zero-order valence-electron chi connectivity index (χ0n) is 10.9. The maximum atomic E-state index is 12.0. The Morgan fingerprint density at radius 2 is 1.95 bits per heavy atom. The van der Waals surface area contributed by atoms with Crippen molar-refractivity contribution >= 4 is 27.6 Å². The molecule has 5 nitrogen and oxygen atoms in total. The lowest BCUT2D eigenvalue weighted by Gasteiger charge is -2.09. The maximum Gasteiger partial charge on any atom is 0.291 e. The second kappa shape index (κ2) is 6.06. The van der Waals surface area contributed by atoms with Crippen LogP contribution in [-0.4, -0.2) is 28.9 Å². The molecule has 1 heterocycles. The van der Waals surface area contributed by atoms with Crippen LogP contribution in [0.2, 0.25) is 0 Å². The predicted molar refractivity (Wildman–Crippen MR) is 78.6 cm³/mol. The molecule has 1 aromatic heterocycles. The minimum atomic E-state index is -3.67. The van der Waals surface area contributed by atoms with E-state index in [9.17, 15) is 8.42 Å². The van der Waals surface area contributed by atoms with Gasteiger partial charge in [0.1, 0.15) is 4.21 Å². The molecular weight excluding hydrogens is 298 g/mol. The molecule has 0 saturated heterocycles.